The molecule has 0 aliphatic carbocycles. The molecule has 0 aliphatic rings. The Kier molecular flexibility index (Phi) is 5.50. The van der Waals surface area contributed by atoms with Crippen molar-refractivity contribution in [3.63, 3.8) is 0 Å². The zero-order valence-corrected chi connectivity index (χ0v) is 11.5. The predicted octanol–water partition coefficient (Wildman–Crippen LogP) is 0.972. The van der Waals surface area contributed by atoms with E-state index in [1.165, 1.54) is 7.11 Å². The Labute approximate surface area is 106 Å². The molecule has 0 saturated heterocycles. The van der Waals surface area contributed by atoms with E-state index in [2.05, 4.69) is 10.4 Å². The van der Waals surface area contributed by atoms with Crippen LogP contribution in [0.3, 0.4) is 0 Å². The molecule has 1 N–H and O–H groups in total. The Morgan fingerprint density at radius 3 is 2.88 bits per heavy atom. The SMILES string of the molecule is CCNC(CSc1cc(C)nn1C)C(=O)OC. The van der Waals surface area contributed by atoms with Gasteiger partial charge in [-0.2, -0.15) is 5.10 Å². The molecule has 1 rings (SSSR count). The number of esters is 1. The molecule has 5 nitrogen and oxygen atoms in total. The van der Waals surface area contributed by atoms with Crippen LogP contribution in [0.4, 0.5) is 0 Å². The standard InChI is InChI=1S/C11H19N3O2S/c1-5-12-9(11(15)16-4)7-17-10-6-8(2)13-14(10)3/h6,9,12H,5,7H2,1-4H3. The molecular weight excluding hydrogens is 238 g/mol. The van der Waals surface area contributed by atoms with Gasteiger partial charge in [-0.25, -0.2) is 0 Å². The van der Waals surface area contributed by atoms with Gasteiger partial charge in [0.1, 0.15) is 6.04 Å². The Bertz CT molecular complexity index is 379. The molecule has 0 aromatic carbocycles. The van der Waals surface area contributed by atoms with E-state index in [4.69, 9.17) is 4.74 Å². The highest BCUT2D eigenvalue weighted by molar-refractivity contribution is 7.99. The summed E-state index contributed by atoms with van der Waals surface area (Å²) in [7, 11) is 3.31. The fraction of sp³-hybridized carbons (Fsp3) is 0.636. The second-order valence-electron chi connectivity index (χ2n) is 3.69. The fourth-order valence-corrected chi connectivity index (χ4v) is 2.56. The maximum atomic E-state index is 11.5. The molecule has 1 heterocycles. The lowest BCUT2D eigenvalue weighted by Crippen LogP contribution is -2.39. The summed E-state index contributed by atoms with van der Waals surface area (Å²) in [6, 6.07) is 1.73. The van der Waals surface area contributed by atoms with Crippen molar-refractivity contribution in [1.82, 2.24) is 15.1 Å². The Morgan fingerprint density at radius 2 is 2.41 bits per heavy atom. The minimum Gasteiger partial charge on any atom is -0.468 e. The number of nitrogens with one attached hydrogen (secondary N) is 1. The van der Waals surface area contributed by atoms with Crippen molar-refractivity contribution in [1.29, 1.82) is 0 Å². The summed E-state index contributed by atoms with van der Waals surface area (Å²) in [5.41, 5.74) is 0.980. The average molecular weight is 257 g/mol. The highest BCUT2D eigenvalue weighted by Gasteiger charge is 2.18. The molecule has 96 valence electrons. The van der Waals surface area contributed by atoms with Crippen LogP contribution in [0.1, 0.15) is 12.6 Å². The lowest BCUT2D eigenvalue weighted by atomic mass is 10.3. The second kappa shape index (κ2) is 6.66. The number of rotatable bonds is 6. The summed E-state index contributed by atoms with van der Waals surface area (Å²) in [5.74, 6) is 0.415. The van der Waals surface area contributed by atoms with Crippen LogP contribution in [0.5, 0.6) is 0 Å². The van der Waals surface area contributed by atoms with Gasteiger partial charge < -0.3 is 10.1 Å². The first kappa shape index (κ1) is 14.1. The molecule has 0 bridgehead atoms. The van der Waals surface area contributed by atoms with Gasteiger partial charge in [0.05, 0.1) is 17.8 Å². The number of ether oxygens (including phenoxy) is 1. The van der Waals surface area contributed by atoms with Gasteiger partial charge in [0.2, 0.25) is 0 Å². The van der Waals surface area contributed by atoms with Crippen LogP contribution in [-0.4, -0.2) is 41.2 Å². The van der Waals surface area contributed by atoms with Gasteiger partial charge in [-0.05, 0) is 19.5 Å². The minimum absolute atomic E-state index is 0.224. The number of likely N-dealkylation sites (N-methyl/N-ethyl adjacent to an activating group) is 1. The minimum atomic E-state index is -0.273. The third-order valence-corrected chi connectivity index (χ3v) is 3.47. The van der Waals surface area contributed by atoms with E-state index in [0.717, 1.165) is 17.3 Å². The molecule has 1 aromatic rings. The first-order valence-corrected chi connectivity index (χ1v) is 6.51. The van der Waals surface area contributed by atoms with E-state index in [9.17, 15) is 4.79 Å². The molecule has 0 saturated carbocycles. The molecule has 0 fully saturated rings. The number of nitrogens with zero attached hydrogens (tertiary/aromatic N) is 2. The van der Waals surface area contributed by atoms with E-state index in [1.807, 2.05) is 31.6 Å². The number of aromatic nitrogens is 2. The first-order chi connectivity index (χ1) is 8.08. The summed E-state index contributed by atoms with van der Waals surface area (Å²) in [6.45, 7) is 4.66. The van der Waals surface area contributed by atoms with Crippen molar-refractivity contribution < 1.29 is 9.53 Å². The topological polar surface area (TPSA) is 56.2 Å². The van der Waals surface area contributed by atoms with Crippen molar-refractivity contribution in [3.05, 3.63) is 11.8 Å². The molecular formula is C11H19N3O2S. The zero-order valence-electron chi connectivity index (χ0n) is 10.7. The maximum absolute atomic E-state index is 11.5. The largest absolute Gasteiger partial charge is 0.468 e. The van der Waals surface area contributed by atoms with Gasteiger partial charge in [0.25, 0.3) is 0 Å². The van der Waals surface area contributed by atoms with E-state index in [1.54, 1.807) is 11.8 Å². The molecule has 0 radical (unpaired) electrons. The second-order valence-corrected chi connectivity index (χ2v) is 4.73. The average Bonchev–Trinajstić information content (AvgIpc) is 2.62. The molecule has 0 aliphatic heterocycles. The summed E-state index contributed by atoms with van der Waals surface area (Å²) in [4.78, 5) is 11.5. The van der Waals surface area contributed by atoms with Gasteiger partial charge in [0, 0.05) is 12.8 Å². The highest BCUT2D eigenvalue weighted by Crippen LogP contribution is 2.19. The molecule has 1 unspecified atom stereocenters. The number of aryl methyl sites for hydroxylation is 2. The van der Waals surface area contributed by atoms with Gasteiger partial charge in [-0.3, -0.25) is 9.48 Å². The van der Waals surface area contributed by atoms with E-state index < -0.39 is 0 Å². The number of carbonyl (C=O) groups is 1. The van der Waals surface area contributed by atoms with Crippen LogP contribution in [0, 0.1) is 6.92 Å². The lowest BCUT2D eigenvalue weighted by Gasteiger charge is -2.14. The van der Waals surface area contributed by atoms with Crippen molar-refractivity contribution in [2.24, 2.45) is 7.05 Å². The highest BCUT2D eigenvalue weighted by atomic mass is 32.2. The predicted molar refractivity (Wildman–Crippen MR) is 68.1 cm³/mol. The van der Waals surface area contributed by atoms with Crippen LogP contribution in [0.15, 0.2) is 11.1 Å². The summed E-state index contributed by atoms with van der Waals surface area (Å²) in [5, 5.41) is 8.41. The van der Waals surface area contributed by atoms with Gasteiger partial charge in [-0.1, -0.05) is 6.92 Å². The normalized spacial score (nSPS) is 12.5. The molecule has 6 heteroatoms. The van der Waals surface area contributed by atoms with E-state index in [-0.39, 0.29) is 12.0 Å². The third kappa shape index (κ3) is 4.05. The van der Waals surface area contributed by atoms with E-state index >= 15 is 0 Å². The third-order valence-electron chi connectivity index (χ3n) is 2.29. The van der Waals surface area contributed by atoms with Gasteiger partial charge in [-0.15, -0.1) is 11.8 Å². The van der Waals surface area contributed by atoms with Crippen molar-refractivity contribution in [2.45, 2.75) is 24.9 Å². The maximum Gasteiger partial charge on any atom is 0.323 e. The smallest absolute Gasteiger partial charge is 0.323 e. The van der Waals surface area contributed by atoms with Crippen molar-refractivity contribution in [2.75, 3.05) is 19.4 Å². The molecule has 1 aromatic heterocycles. The number of methoxy groups -OCH3 is 1. The number of hydrogen-bond donors (Lipinski definition) is 1. The van der Waals surface area contributed by atoms with Crippen LogP contribution in [0.25, 0.3) is 0 Å². The fourth-order valence-electron chi connectivity index (χ4n) is 1.49. The van der Waals surface area contributed by atoms with Crippen molar-refractivity contribution >= 4 is 17.7 Å². The number of thioether (sulfide) groups is 1. The quantitative estimate of drug-likeness (QED) is 0.608. The lowest BCUT2D eigenvalue weighted by molar-refractivity contribution is -0.142. The summed E-state index contributed by atoms with van der Waals surface area (Å²) < 4.78 is 6.57. The summed E-state index contributed by atoms with van der Waals surface area (Å²) >= 11 is 1.60. The Balaban J connectivity index is 2.57. The molecule has 0 spiro atoms. The van der Waals surface area contributed by atoms with Gasteiger partial charge >= 0.3 is 5.97 Å². The Morgan fingerprint density at radius 1 is 1.71 bits per heavy atom. The van der Waals surface area contributed by atoms with Crippen LogP contribution in [-0.2, 0) is 16.6 Å². The number of carbonyl (C=O) groups excluding carboxylic acids is 1. The number of hydrogen-bond acceptors (Lipinski definition) is 5. The van der Waals surface area contributed by atoms with Gasteiger partial charge in [0.15, 0.2) is 0 Å². The van der Waals surface area contributed by atoms with Crippen molar-refractivity contribution in [3.8, 4) is 0 Å². The van der Waals surface area contributed by atoms with Crippen LogP contribution < -0.4 is 5.32 Å². The van der Waals surface area contributed by atoms with E-state index in [0.29, 0.717) is 5.75 Å². The zero-order chi connectivity index (χ0) is 12.8. The molecule has 17 heavy (non-hydrogen) atoms. The monoisotopic (exact) mass is 257 g/mol. The molecule has 0 amide bonds. The molecule has 1 atom stereocenters. The first-order valence-electron chi connectivity index (χ1n) is 5.53. The Hall–Kier alpha value is -1.01. The summed E-state index contributed by atoms with van der Waals surface area (Å²) in [6.07, 6.45) is 0. The van der Waals surface area contributed by atoms with Crippen LogP contribution >= 0.6 is 11.8 Å². The van der Waals surface area contributed by atoms with Crippen LogP contribution in [0.2, 0.25) is 0 Å².